The van der Waals surface area contributed by atoms with Crippen LogP contribution in [-0.4, -0.2) is 52.6 Å². The van der Waals surface area contributed by atoms with Crippen molar-refractivity contribution in [3.63, 3.8) is 0 Å². The molecule has 0 aromatic heterocycles. The van der Waals surface area contributed by atoms with Crippen molar-refractivity contribution in [1.82, 2.24) is 0 Å². The van der Waals surface area contributed by atoms with Gasteiger partial charge < -0.3 is 32.4 Å². The Balaban J connectivity index is 0.000000361. The molecule has 6 nitrogen and oxygen atoms in total. The Labute approximate surface area is 123 Å². The molecule has 2 unspecified atom stereocenters. The number of hydrogen-bond acceptors (Lipinski definition) is 6. The third-order valence-electron chi connectivity index (χ3n) is 3.45. The maximum Gasteiger partial charge on any atom is 0.0701 e. The van der Waals surface area contributed by atoms with Crippen LogP contribution in [0.1, 0.15) is 25.7 Å². The van der Waals surface area contributed by atoms with Gasteiger partial charge in [-0.25, -0.2) is 0 Å². The van der Waals surface area contributed by atoms with Crippen molar-refractivity contribution in [3.8, 4) is 0 Å². The molecule has 122 valence electrons. The highest BCUT2D eigenvalue weighted by Crippen LogP contribution is 2.27. The van der Waals surface area contributed by atoms with Gasteiger partial charge in [-0.15, -0.1) is 0 Å². The maximum absolute atomic E-state index is 5.58. The molecule has 0 heterocycles. The van der Waals surface area contributed by atoms with Gasteiger partial charge in [-0.05, 0) is 44.2 Å². The van der Waals surface area contributed by atoms with Crippen molar-refractivity contribution in [1.29, 1.82) is 0 Å². The van der Waals surface area contributed by atoms with Crippen molar-refractivity contribution in [3.05, 3.63) is 0 Å². The molecular formula is C14H34N4O2. The van der Waals surface area contributed by atoms with E-state index in [1.54, 1.807) is 0 Å². The van der Waals surface area contributed by atoms with Crippen molar-refractivity contribution in [2.75, 3.05) is 52.6 Å². The van der Waals surface area contributed by atoms with Crippen LogP contribution in [0.3, 0.4) is 0 Å². The second-order valence-corrected chi connectivity index (χ2v) is 5.17. The topological polar surface area (TPSA) is 123 Å². The quantitative estimate of drug-likeness (QED) is 0.430. The number of rotatable bonds is 9. The van der Waals surface area contributed by atoms with Crippen LogP contribution in [0.2, 0.25) is 0 Å². The number of ether oxygens (including phenoxy) is 2. The summed E-state index contributed by atoms with van der Waals surface area (Å²) in [4.78, 5) is 0. The van der Waals surface area contributed by atoms with Crippen molar-refractivity contribution in [2.24, 2.45) is 34.8 Å². The molecule has 1 aliphatic rings. The molecule has 0 radical (unpaired) electrons. The summed E-state index contributed by atoms with van der Waals surface area (Å²) in [5.74, 6) is 1.53. The molecule has 1 aliphatic carbocycles. The van der Waals surface area contributed by atoms with E-state index in [-0.39, 0.29) is 0 Å². The lowest BCUT2D eigenvalue weighted by atomic mass is 9.81. The third kappa shape index (κ3) is 11.6. The predicted octanol–water partition coefficient (Wildman–Crippen LogP) is -0.353. The highest BCUT2D eigenvalue weighted by Gasteiger charge is 2.19. The third-order valence-corrected chi connectivity index (χ3v) is 3.45. The van der Waals surface area contributed by atoms with Crippen LogP contribution in [0, 0.1) is 11.8 Å². The second-order valence-electron chi connectivity index (χ2n) is 5.17. The Hall–Kier alpha value is -0.240. The van der Waals surface area contributed by atoms with Gasteiger partial charge in [0.1, 0.15) is 0 Å². The minimum atomic E-state index is 0.566. The molecule has 0 aromatic rings. The van der Waals surface area contributed by atoms with Crippen LogP contribution in [-0.2, 0) is 9.47 Å². The van der Waals surface area contributed by atoms with E-state index in [2.05, 4.69) is 0 Å². The van der Waals surface area contributed by atoms with Crippen LogP contribution in [0.15, 0.2) is 0 Å². The molecule has 0 saturated heterocycles. The van der Waals surface area contributed by atoms with Crippen LogP contribution in [0.25, 0.3) is 0 Å². The summed E-state index contributed by atoms with van der Waals surface area (Å²) in [6.07, 6.45) is 5.26. The Morgan fingerprint density at radius 2 is 1.15 bits per heavy atom. The summed E-state index contributed by atoms with van der Waals surface area (Å²) in [5, 5.41) is 0. The van der Waals surface area contributed by atoms with E-state index >= 15 is 0 Å². The van der Waals surface area contributed by atoms with Crippen LogP contribution >= 0.6 is 0 Å². The molecule has 1 rings (SSSR count). The summed E-state index contributed by atoms with van der Waals surface area (Å²) >= 11 is 0. The smallest absolute Gasteiger partial charge is 0.0701 e. The average Bonchev–Trinajstić information content (AvgIpc) is 2.51. The Bertz CT molecular complexity index is 178. The van der Waals surface area contributed by atoms with Gasteiger partial charge >= 0.3 is 0 Å². The number of nitrogens with two attached hydrogens (primary N) is 4. The monoisotopic (exact) mass is 290 g/mol. The lowest BCUT2D eigenvalue weighted by molar-refractivity contribution is 0.0538. The van der Waals surface area contributed by atoms with E-state index in [1.807, 2.05) is 0 Å². The minimum Gasteiger partial charge on any atom is -0.378 e. The molecule has 1 saturated carbocycles. The van der Waals surface area contributed by atoms with E-state index in [9.17, 15) is 0 Å². The zero-order chi connectivity index (χ0) is 15.1. The van der Waals surface area contributed by atoms with Gasteiger partial charge in [0.2, 0.25) is 0 Å². The molecule has 1 fully saturated rings. The highest BCUT2D eigenvalue weighted by atomic mass is 16.5. The fraction of sp³-hybridized carbons (Fsp3) is 1.00. The fourth-order valence-electron chi connectivity index (χ4n) is 2.32. The van der Waals surface area contributed by atoms with Crippen molar-refractivity contribution in [2.45, 2.75) is 25.7 Å². The number of hydrogen-bond donors (Lipinski definition) is 4. The van der Waals surface area contributed by atoms with Gasteiger partial charge in [0.15, 0.2) is 0 Å². The molecule has 20 heavy (non-hydrogen) atoms. The molecule has 8 N–H and O–H groups in total. The first-order valence-electron chi connectivity index (χ1n) is 7.74. The van der Waals surface area contributed by atoms with Gasteiger partial charge in [0.25, 0.3) is 0 Å². The minimum absolute atomic E-state index is 0.566. The lowest BCUT2D eigenvalue weighted by Gasteiger charge is -2.26. The molecule has 0 aromatic carbocycles. The van der Waals surface area contributed by atoms with Crippen LogP contribution in [0.5, 0.6) is 0 Å². The lowest BCUT2D eigenvalue weighted by Crippen LogP contribution is -2.26. The molecule has 0 spiro atoms. The summed E-state index contributed by atoms with van der Waals surface area (Å²) < 4.78 is 10.1. The van der Waals surface area contributed by atoms with Gasteiger partial charge in [0, 0.05) is 13.1 Å². The second kappa shape index (κ2) is 15.2. The Morgan fingerprint density at radius 3 is 1.50 bits per heavy atom. The molecular weight excluding hydrogens is 256 g/mol. The molecule has 0 amide bonds. The highest BCUT2D eigenvalue weighted by molar-refractivity contribution is 4.73. The van der Waals surface area contributed by atoms with Gasteiger partial charge in [-0.1, -0.05) is 6.42 Å². The van der Waals surface area contributed by atoms with Crippen LogP contribution < -0.4 is 22.9 Å². The Kier molecular flexibility index (Phi) is 15.0. The van der Waals surface area contributed by atoms with Crippen molar-refractivity contribution < 1.29 is 9.47 Å². The summed E-state index contributed by atoms with van der Waals surface area (Å²) in [6, 6.07) is 0. The van der Waals surface area contributed by atoms with E-state index < -0.39 is 0 Å². The zero-order valence-electron chi connectivity index (χ0n) is 12.8. The summed E-state index contributed by atoms with van der Waals surface area (Å²) in [6.45, 7) is 5.27. The first-order valence-corrected chi connectivity index (χ1v) is 7.74. The predicted molar refractivity (Wildman–Crippen MR) is 83.3 cm³/mol. The maximum atomic E-state index is 5.58. The molecule has 0 bridgehead atoms. The molecule has 2 atom stereocenters. The largest absolute Gasteiger partial charge is 0.378 e. The average molecular weight is 290 g/mol. The Morgan fingerprint density at radius 1 is 0.700 bits per heavy atom. The first kappa shape index (κ1) is 19.8. The first-order chi connectivity index (χ1) is 9.78. The van der Waals surface area contributed by atoms with E-state index in [4.69, 9.17) is 32.4 Å². The fourth-order valence-corrected chi connectivity index (χ4v) is 2.32. The van der Waals surface area contributed by atoms with Gasteiger partial charge in [0.05, 0.1) is 26.4 Å². The van der Waals surface area contributed by atoms with Crippen LogP contribution in [0.4, 0.5) is 0 Å². The van der Waals surface area contributed by atoms with Gasteiger partial charge in [-0.3, -0.25) is 0 Å². The standard InChI is InChI=1S/C8H18N2.C6H16N2O2/c9-5-7-2-1-3-8(4-7)6-10;7-1-3-9-5-6-10-4-2-8/h7-8H,1-6,9-10H2;1-8H2. The summed E-state index contributed by atoms with van der Waals surface area (Å²) in [7, 11) is 0. The van der Waals surface area contributed by atoms with E-state index in [1.165, 1.54) is 25.7 Å². The van der Waals surface area contributed by atoms with E-state index in [0.717, 1.165) is 24.9 Å². The normalized spacial score (nSPS) is 22.2. The zero-order valence-corrected chi connectivity index (χ0v) is 12.8. The SMILES string of the molecule is NCC1CCCC(CN)C1.NCCOCCOCCN. The van der Waals surface area contributed by atoms with E-state index in [0.29, 0.717) is 39.5 Å². The molecule has 6 heteroatoms. The summed E-state index contributed by atoms with van der Waals surface area (Å²) in [5.41, 5.74) is 21.5. The van der Waals surface area contributed by atoms with Gasteiger partial charge in [-0.2, -0.15) is 0 Å². The molecule has 0 aliphatic heterocycles. The van der Waals surface area contributed by atoms with Crippen molar-refractivity contribution >= 4 is 0 Å².